The lowest BCUT2D eigenvalue weighted by Gasteiger charge is -1.91. The summed E-state index contributed by atoms with van der Waals surface area (Å²) in [5.74, 6) is 0. The fourth-order valence-corrected chi connectivity index (χ4v) is 1.10. The normalized spacial score (nSPS) is 11.0. The van der Waals surface area contributed by atoms with Gasteiger partial charge in [-0.2, -0.15) is 5.10 Å². The molecule has 2 nitrogen and oxygen atoms in total. The van der Waals surface area contributed by atoms with E-state index < -0.39 is 0 Å². The third kappa shape index (κ3) is 2.13. The lowest BCUT2D eigenvalue weighted by molar-refractivity contribution is 0.701. The van der Waals surface area contributed by atoms with Crippen molar-refractivity contribution in [2.24, 2.45) is 0 Å². The predicted molar refractivity (Wildman–Crippen MR) is 49.8 cm³/mol. The van der Waals surface area contributed by atoms with Crippen LogP contribution in [-0.2, 0) is 6.54 Å². The van der Waals surface area contributed by atoms with Crippen LogP contribution in [0.2, 0.25) is 0 Å². The van der Waals surface area contributed by atoms with E-state index in [1.54, 1.807) is 0 Å². The Labute approximate surface area is 74.1 Å². The number of hydrogen-bond donors (Lipinski definition) is 0. The van der Waals surface area contributed by atoms with Crippen molar-refractivity contribution in [3.8, 4) is 0 Å². The van der Waals surface area contributed by atoms with E-state index in [4.69, 9.17) is 0 Å². The number of halogens is 1. The van der Waals surface area contributed by atoms with Gasteiger partial charge in [0.25, 0.3) is 0 Å². The largest absolute Gasteiger partial charge is 0.268 e. The summed E-state index contributed by atoms with van der Waals surface area (Å²) in [6.45, 7) is 2.88. The minimum Gasteiger partial charge on any atom is -0.268 e. The van der Waals surface area contributed by atoms with E-state index in [2.05, 4.69) is 33.8 Å². The maximum atomic E-state index is 4.11. The summed E-state index contributed by atoms with van der Waals surface area (Å²) in [6.07, 6.45) is 7.96. The third-order valence-electron chi connectivity index (χ3n) is 1.13. The van der Waals surface area contributed by atoms with Crippen LogP contribution in [0, 0.1) is 3.57 Å². The molecule has 10 heavy (non-hydrogen) atoms. The van der Waals surface area contributed by atoms with Crippen molar-refractivity contribution in [1.82, 2.24) is 9.78 Å². The van der Waals surface area contributed by atoms with Crippen LogP contribution in [0.25, 0.3) is 0 Å². The van der Waals surface area contributed by atoms with Crippen molar-refractivity contribution in [2.45, 2.75) is 13.5 Å². The second-order valence-corrected chi connectivity index (χ2v) is 3.20. The molecule has 1 aromatic rings. The van der Waals surface area contributed by atoms with E-state index in [0.717, 1.165) is 6.54 Å². The molecule has 0 spiro atoms. The first-order chi connectivity index (χ1) is 4.83. The molecule has 0 radical (unpaired) electrons. The van der Waals surface area contributed by atoms with Crippen molar-refractivity contribution in [1.29, 1.82) is 0 Å². The highest BCUT2D eigenvalue weighted by Gasteiger charge is 1.89. The molecule has 0 fully saturated rings. The Morgan fingerprint density at radius 2 is 2.60 bits per heavy atom. The Bertz CT molecular complexity index is 227. The van der Waals surface area contributed by atoms with E-state index in [1.165, 1.54) is 3.57 Å². The summed E-state index contributed by atoms with van der Waals surface area (Å²) in [4.78, 5) is 0. The molecule has 0 aliphatic carbocycles. The Morgan fingerprint density at radius 1 is 1.80 bits per heavy atom. The minimum absolute atomic E-state index is 0.875. The summed E-state index contributed by atoms with van der Waals surface area (Å²) in [7, 11) is 0. The van der Waals surface area contributed by atoms with Gasteiger partial charge in [0.2, 0.25) is 0 Å². The van der Waals surface area contributed by atoms with Gasteiger partial charge in [0.1, 0.15) is 0 Å². The van der Waals surface area contributed by atoms with E-state index in [-0.39, 0.29) is 0 Å². The van der Waals surface area contributed by atoms with Crippen molar-refractivity contribution in [2.75, 3.05) is 0 Å². The molecule has 0 atom stereocenters. The van der Waals surface area contributed by atoms with Crippen LogP contribution in [0.3, 0.4) is 0 Å². The van der Waals surface area contributed by atoms with Gasteiger partial charge in [0.15, 0.2) is 0 Å². The molecule has 0 aromatic carbocycles. The fraction of sp³-hybridized carbons (Fsp3) is 0.286. The lowest BCUT2D eigenvalue weighted by Crippen LogP contribution is -1.93. The highest BCUT2D eigenvalue weighted by atomic mass is 127. The van der Waals surface area contributed by atoms with Gasteiger partial charge in [0.05, 0.1) is 16.3 Å². The van der Waals surface area contributed by atoms with Gasteiger partial charge < -0.3 is 0 Å². The smallest absolute Gasteiger partial charge is 0.0623 e. The molecule has 1 aromatic heterocycles. The average molecular weight is 248 g/mol. The topological polar surface area (TPSA) is 17.8 Å². The maximum absolute atomic E-state index is 4.11. The van der Waals surface area contributed by atoms with Gasteiger partial charge in [-0.15, -0.1) is 0 Å². The molecule has 0 unspecified atom stereocenters. The van der Waals surface area contributed by atoms with Gasteiger partial charge in [0, 0.05) is 6.20 Å². The summed E-state index contributed by atoms with van der Waals surface area (Å²) in [5.41, 5.74) is 0. The maximum Gasteiger partial charge on any atom is 0.0623 e. The quantitative estimate of drug-likeness (QED) is 0.578. The zero-order valence-electron chi connectivity index (χ0n) is 5.79. The zero-order chi connectivity index (χ0) is 7.40. The molecular formula is C7H9IN2. The molecule has 0 amide bonds. The summed E-state index contributed by atoms with van der Waals surface area (Å²) in [6, 6.07) is 0. The molecule has 0 saturated heterocycles. The van der Waals surface area contributed by atoms with Crippen molar-refractivity contribution in [3.63, 3.8) is 0 Å². The van der Waals surface area contributed by atoms with E-state index in [9.17, 15) is 0 Å². The number of allylic oxidation sites excluding steroid dienone is 2. The Balaban J connectivity index is 2.58. The van der Waals surface area contributed by atoms with E-state index in [1.807, 2.05) is 30.1 Å². The second kappa shape index (κ2) is 3.75. The Kier molecular flexibility index (Phi) is 2.92. The number of hydrogen-bond acceptors (Lipinski definition) is 1. The zero-order valence-corrected chi connectivity index (χ0v) is 7.95. The van der Waals surface area contributed by atoms with Gasteiger partial charge in [-0.1, -0.05) is 12.2 Å². The van der Waals surface area contributed by atoms with Crippen LogP contribution < -0.4 is 0 Å². The van der Waals surface area contributed by atoms with Gasteiger partial charge in [-0.05, 0) is 29.5 Å². The van der Waals surface area contributed by atoms with Crippen molar-refractivity contribution in [3.05, 3.63) is 28.1 Å². The predicted octanol–water partition coefficient (Wildman–Crippen LogP) is 2.06. The van der Waals surface area contributed by atoms with Crippen LogP contribution in [0.4, 0.5) is 0 Å². The van der Waals surface area contributed by atoms with Gasteiger partial charge >= 0.3 is 0 Å². The lowest BCUT2D eigenvalue weighted by atomic mass is 10.5. The standard InChI is InChI=1S/C7H9IN2/c1-2-3-4-10-6-7(8)5-9-10/h2-3,5-6H,4H2,1H3. The number of rotatable bonds is 2. The first-order valence-electron chi connectivity index (χ1n) is 3.12. The molecule has 54 valence electrons. The molecule has 1 rings (SSSR count). The number of aromatic nitrogens is 2. The van der Waals surface area contributed by atoms with Gasteiger partial charge in [-0.25, -0.2) is 0 Å². The number of nitrogens with zero attached hydrogens (tertiary/aromatic N) is 2. The molecule has 0 N–H and O–H groups in total. The second-order valence-electron chi connectivity index (χ2n) is 1.95. The first-order valence-corrected chi connectivity index (χ1v) is 4.20. The fourth-order valence-electron chi connectivity index (χ4n) is 0.652. The van der Waals surface area contributed by atoms with Crippen molar-refractivity contribution >= 4 is 22.6 Å². The van der Waals surface area contributed by atoms with Crippen LogP contribution >= 0.6 is 22.6 Å². The van der Waals surface area contributed by atoms with Crippen LogP contribution in [-0.4, -0.2) is 9.78 Å². The average Bonchev–Trinajstić information content (AvgIpc) is 2.31. The monoisotopic (exact) mass is 248 g/mol. The summed E-state index contributed by atoms with van der Waals surface area (Å²) in [5, 5.41) is 4.11. The highest BCUT2D eigenvalue weighted by molar-refractivity contribution is 14.1. The van der Waals surface area contributed by atoms with E-state index in [0.29, 0.717) is 0 Å². The van der Waals surface area contributed by atoms with E-state index >= 15 is 0 Å². The molecule has 3 heteroatoms. The molecule has 0 saturated carbocycles. The summed E-state index contributed by atoms with van der Waals surface area (Å²) < 4.78 is 3.09. The molecule has 0 aliphatic rings. The molecule has 1 heterocycles. The molecule has 0 bridgehead atoms. The van der Waals surface area contributed by atoms with Crippen molar-refractivity contribution < 1.29 is 0 Å². The third-order valence-corrected chi connectivity index (χ3v) is 1.69. The Hall–Kier alpha value is -0.320. The Morgan fingerprint density at radius 3 is 3.10 bits per heavy atom. The minimum atomic E-state index is 0.875. The first kappa shape index (κ1) is 7.78. The SMILES string of the molecule is CC=CCn1cc(I)cn1. The highest BCUT2D eigenvalue weighted by Crippen LogP contribution is 2.00. The molecule has 0 aliphatic heterocycles. The van der Waals surface area contributed by atoms with Crippen LogP contribution in [0.15, 0.2) is 24.5 Å². The summed E-state index contributed by atoms with van der Waals surface area (Å²) >= 11 is 2.24. The van der Waals surface area contributed by atoms with Crippen LogP contribution in [0.1, 0.15) is 6.92 Å². The van der Waals surface area contributed by atoms with Crippen LogP contribution in [0.5, 0.6) is 0 Å². The van der Waals surface area contributed by atoms with Gasteiger partial charge in [-0.3, -0.25) is 4.68 Å². The molecular weight excluding hydrogens is 239 g/mol.